The van der Waals surface area contributed by atoms with Gasteiger partial charge >= 0.3 is 0 Å². The summed E-state index contributed by atoms with van der Waals surface area (Å²) in [5.41, 5.74) is 2.15. The normalized spacial score (nSPS) is 22.0. The Balaban J connectivity index is 1.86. The molecule has 0 bridgehead atoms. The molecule has 4 rings (SSSR count). The molecule has 0 saturated carbocycles. The van der Waals surface area contributed by atoms with E-state index in [1.165, 1.54) is 11.6 Å². The molecule has 5 nitrogen and oxygen atoms in total. The number of nitro benzene ring substituents is 1. The lowest BCUT2D eigenvalue weighted by atomic mass is 9.76. The molecule has 0 fully saturated rings. The summed E-state index contributed by atoms with van der Waals surface area (Å²) in [7, 11) is 0. The lowest BCUT2D eigenvalue weighted by Crippen LogP contribution is -2.60. The summed E-state index contributed by atoms with van der Waals surface area (Å²) >= 11 is 4.44. The van der Waals surface area contributed by atoms with Crippen molar-refractivity contribution in [1.29, 1.82) is 0 Å². The Hall–Kier alpha value is -2.47. The van der Waals surface area contributed by atoms with Gasteiger partial charge in [-0.1, -0.05) is 18.2 Å². The average Bonchev–Trinajstić information content (AvgIpc) is 2.81. The zero-order chi connectivity index (χ0) is 18.5. The third kappa shape index (κ3) is 2.18. The van der Waals surface area contributed by atoms with Crippen molar-refractivity contribution >= 4 is 30.1 Å². The van der Waals surface area contributed by atoms with Gasteiger partial charge in [0.25, 0.3) is 5.69 Å². The molecule has 134 valence electrons. The predicted molar refractivity (Wildman–Crippen MR) is 106 cm³/mol. The van der Waals surface area contributed by atoms with Gasteiger partial charge in [-0.2, -0.15) is 12.6 Å². The Morgan fingerprint density at radius 1 is 1.23 bits per heavy atom. The quantitative estimate of drug-likeness (QED) is 0.495. The van der Waals surface area contributed by atoms with Gasteiger partial charge in [-0.05, 0) is 43.7 Å². The number of hydrogen-bond acceptors (Lipinski definition) is 5. The zero-order valence-electron chi connectivity index (χ0n) is 14.7. The highest BCUT2D eigenvalue weighted by Crippen LogP contribution is 2.54. The van der Waals surface area contributed by atoms with Crippen molar-refractivity contribution in [3.8, 4) is 5.75 Å². The van der Waals surface area contributed by atoms with Crippen molar-refractivity contribution in [2.75, 3.05) is 17.2 Å². The predicted octanol–water partition coefficient (Wildman–Crippen LogP) is 4.42. The van der Waals surface area contributed by atoms with Crippen LogP contribution in [0.5, 0.6) is 5.75 Å². The van der Waals surface area contributed by atoms with Crippen LogP contribution in [0, 0.1) is 10.1 Å². The molecule has 2 aliphatic heterocycles. The summed E-state index contributed by atoms with van der Waals surface area (Å²) < 4.78 is 6.56. The fraction of sp³-hybridized carbons (Fsp3) is 0.300. The van der Waals surface area contributed by atoms with Crippen LogP contribution in [0.1, 0.15) is 25.0 Å². The molecule has 2 aliphatic rings. The second-order valence-corrected chi connectivity index (χ2v) is 7.58. The summed E-state index contributed by atoms with van der Waals surface area (Å²) in [6.07, 6.45) is 3.97. The molecule has 1 unspecified atom stereocenters. The minimum atomic E-state index is -0.692. The number of non-ortho nitro benzene ring substituents is 1. The Morgan fingerprint density at radius 3 is 2.73 bits per heavy atom. The molecule has 2 aromatic rings. The first-order valence-corrected chi connectivity index (χ1v) is 9.19. The lowest BCUT2D eigenvalue weighted by Gasteiger charge is -2.47. The third-order valence-corrected chi connectivity index (χ3v) is 5.65. The number of benzene rings is 2. The lowest BCUT2D eigenvalue weighted by molar-refractivity contribution is -0.384. The first-order valence-electron chi connectivity index (χ1n) is 8.55. The van der Waals surface area contributed by atoms with E-state index in [0.29, 0.717) is 11.5 Å². The van der Waals surface area contributed by atoms with Crippen LogP contribution in [0.25, 0.3) is 6.08 Å². The van der Waals surface area contributed by atoms with E-state index in [4.69, 9.17) is 4.74 Å². The van der Waals surface area contributed by atoms with Crippen molar-refractivity contribution in [1.82, 2.24) is 0 Å². The number of nitro groups is 1. The number of para-hydroxylation sites is 1. The maximum Gasteiger partial charge on any atom is 0.270 e. The van der Waals surface area contributed by atoms with Crippen LogP contribution < -0.4 is 9.64 Å². The van der Waals surface area contributed by atoms with E-state index in [-0.39, 0.29) is 16.0 Å². The topological polar surface area (TPSA) is 55.6 Å². The molecule has 0 aliphatic carbocycles. The minimum Gasteiger partial charge on any atom is -0.463 e. The molecular formula is C20H20N2O3S. The van der Waals surface area contributed by atoms with Crippen molar-refractivity contribution in [3.63, 3.8) is 0 Å². The number of hydrogen-bond donors (Lipinski definition) is 1. The van der Waals surface area contributed by atoms with Gasteiger partial charge in [-0.25, -0.2) is 0 Å². The van der Waals surface area contributed by atoms with Gasteiger partial charge < -0.3 is 9.64 Å². The van der Waals surface area contributed by atoms with Gasteiger partial charge in [0.2, 0.25) is 5.72 Å². The summed E-state index contributed by atoms with van der Waals surface area (Å²) in [5.74, 6) is 1.35. The first kappa shape index (κ1) is 17.0. The molecule has 0 amide bonds. The second kappa shape index (κ2) is 5.77. The molecule has 6 heteroatoms. The van der Waals surface area contributed by atoms with E-state index >= 15 is 0 Å². The monoisotopic (exact) mass is 368 g/mol. The first-order chi connectivity index (χ1) is 12.4. The van der Waals surface area contributed by atoms with Crippen LogP contribution in [0.15, 0.2) is 48.5 Å². The van der Waals surface area contributed by atoms with Crippen molar-refractivity contribution in [2.24, 2.45) is 0 Å². The Labute approximate surface area is 157 Å². The van der Waals surface area contributed by atoms with Gasteiger partial charge in [-0.15, -0.1) is 0 Å². The van der Waals surface area contributed by atoms with Crippen LogP contribution in [-0.2, 0) is 5.41 Å². The molecule has 26 heavy (non-hydrogen) atoms. The van der Waals surface area contributed by atoms with E-state index in [0.717, 1.165) is 17.8 Å². The molecule has 0 saturated heterocycles. The molecule has 2 aromatic carbocycles. The molecule has 1 atom stereocenters. The Kier molecular flexibility index (Phi) is 3.77. The van der Waals surface area contributed by atoms with Crippen LogP contribution in [0.3, 0.4) is 0 Å². The van der Waals surface area contributed by atoms with E-state index in [1.807, 2.05) is 24.3 Å². The van der Waals surface area contributed by atoms with E-state index in [2.05, 4.69) is 43.5 Å². The maximum atomic E-state index is 11.0. The number of nitrogens with zero attached hydrogens (tertiary/aromatic N) is 2. The molecular weight excluding hydrogens is 348 g/mol. The van der Waals surface area contributed by atoms with E-state index in [1.54, 1.807) is 12.1 Å². The molecule has 0 N–H and O–H groups in total. The fourth-order valence-corrected chi connectivity index (χ4v) is 4.29. The van der Waals surface area contributed by atoms with Crippen LogP contribution in [0.4, 0.5) is 11.4 Å². The number of thiol groups is 1. The highest BCUT2D eigenvalue weighted by atomic mass is 32.1. The van der Waals surface area contributed by atoms with Gasteiger partial charge in [0.15, 0.2) is 0 Å². The molecule has 2 heterocycles. The number of ether oxygens (including phenoxy) is 1. The fourth-order valence-electron chi connectivity index (χ4n) is 4.09. The van der Waals surface area contributed by atoms with Gasteiger partial charge in [0.05, 0.1) is 10.3 Å². The Bertz CT molecular complexity index is 925. The van der Waals surface area contributed by atoms with Crippen molar-refractivity contribution in [3.05, 3.63) is 69.8 Å². The van der Waals surface area contributed by atoms with Crippen LogP contribution >= 0.6 is 12.6 Å². The molecule has 0 radical (unpaired) electrons. The number of anilines is 1. The largest absolute Gasteiger partial charge is 0.463 e. The summed E-state index contributed by atoms with van der Waals surface area (Å²) in [6, 6.07) is 13.1. The average molecular weight is 368 g/mol. The van der Waals surface area contributed by atoms with E-state index in [9.17, 15) is 10.1 Å². The summed E-state index contributed by atoms with van der Waals surface area (Å²) in [5, 5.41) is 11.0. The highest BCUT2D eigenvalue weighted by molar-refractivity contribution is 7.80. The number of fused-ring (bicyclic) bond motifs is 2. The smallest absolute Gasteiger partial charge is 0.270 e. The van der Waals surface area contributed by atoms with Gasteiger partial charge in [-0.3, -0.25) is 10.1 Å². The molecule has 1 spiro atoms. The Morgan fingerprint density at radius 2 is 2.00 bits per heavy atom. The van der Waals surface area contributed by atoms with Gasteiger partial charge in [0.1, 0.15) is 5.75 Å². The van der Waals surface area contributed by atoms with E-state index < -0.39 is 5.72 Å². The second-order valence-electron chi connectivity index (χ2n) is 7.13. The standard InChI is InChI=1S/C20H20N2O3S/c1-19(2)16-5-3-4-6-17(16)21(11-12-26)20(19)10-9-14-13-15(22(23)24)7-8-18(14)25-20/h3-10,13,26H,11-12H2,1-2H3. The maximum absolute atomic E-state index is 11.0. The minimum absolute atomic E-state index is 0.0640. The van der Waals surface area contributed by atoms with Crippen LogP contribution in [-0.4, -0.2) is 22.9 Å². The summed E-state index contributed by atoms with van der Waals surface area (Å²) in [6.45, 7) is 5.08. The SMILES string of the molecule is CC1(C)c2ccccc2N(CCS)C12C=Cc1cc([N+](=O)[O-])ccc1O2. The number of rotatable bonds is 3. The summed E-state index contributed by atoms with van der Waals surface area (Å²) in [4.78, 5) is 12.9. The van der Waals surface area contributed by atoms with Crippen LogP contribution in [0.2, 0.25) is 0 Å². The van der Waals surface area contributed by atoms with Crippen molar-refractivity contribution in [2.45, 2.75) is 25.0 Å². The van der Waals surface area contributed by atoms with Gasteiger partial charge in [0, 0.05) is 35.7 Å². The third-order valence-electron chi connectivity index (χ3n) is 5.45. The highest BCUT2D eigenvalue weighted by Gasteiger charge is 2.58. The molecule has 0 aromatic heterocycles. The van der Waals surface area contributed by atoms with Crippen molar-refractivity contribution < 1.29 is 9.66 Å². The zero-order valence-corrected chi connectivity index (χ0v) is 15.6.